The third kappa shape index (κ3) is 4.38. The van der Waals surface area contributed by atoms with E-state index in [2.05, 4.69) is 4.74 Å². The first kappa shape index (κ1) is 16.2. The Morgan fingerprint density at radius 3 is 2.70 bits per heavy atom. The van der Waals surface area contributed by atoms with Crippen LogP contribution in [-0.2, 0) is 20.8 Å². The van der Waals surface area contributed by atoms with Gasteiger partial charge < -0.3 is 18.9 Å². The summed E-state index contributed by atoms with van der Waals surface area (Å²) < 4.78 is 11.5. The lowest BCUT2D eigenvalue weighted by molar-refractivity contribution is -0.141. The minimum atomic E-state index is -0.415. The number of carbonyl (C=O) groups is 2. The van der Waals surface area contributed by atoms with Gasteiger partial charge in [0.05, 0.1) is 13.7 Å². The van der Waals surface area contributed by atoms with Gasteiger partial charge in [-0.3, -0.25) is 9.59 Å². The van der Waals surface area contributed by atoms with Crippen molar-refractivity contribution in [2.24, 2.45) is 0 Å². The molecule has 0 aromatic carbocycles. The molecule has 0 bridgehead atoms. The Morgan fingerprint density at radius 1 is 1.35 bits per heavy atom. The Kier molecular flexibility index (Phi) is 6.79. The van der Waals surface area contributed by atoms with Crippen molar-refractivity contribution in [3.8, 4) is 0 Å². The fourth-order valence-corrected chi connectivity index (χ4v) is 1.90. The van der Waals surface area contributed by atoms with Crippen LogP contribution >= 0.6 is 0 Å². The van der Waals surface area contributed by atoms with Gasteiger partial charge in [0.1, 0.15) is 12.2 Å². The minimum Gasteiger partial charge on any atom is -0.468 e. The maximum atomic E-state index is 12.5. The zero-order valence-corrected chi connectivity index (χ0v) is 12.3. The molecular formula is C14H22N2O4. The van der Waals surface area contributed by atoms with Crippen LogP contribution in [-0.4, -0.2) is 55.3 Å². The standard InChI is InChI=1S/C14H22N2O4/c1-4-7-16(11-13(17)20-3)14(18)12-6-5-8-15(12)9-10-19-2/h5-6,8H,4,7,9-11H2,1-3H3. The number of rotatable bonds is 8. The second-order valence-electron chi connectivity index (χ2n) is 4.38. The van der Waals surface area contributed by atoms with Gasteiger partial charge in [0.15, 0.2) is 0 Å². The second kappa shape index (κ2) is 8.37. The first-order chi connectivity index (χ1) is 9.63. The molecule has 1 rings (SSSR count). The van der Waals surface area contributed by atoms with Crippen molar-refractivity contribution >= 4 is 11.9 Å². The Morgan fingerprint density at radius 2 is 2.10 bits per heavy atom. The lowest BCUT2D eigenvalue weighted by Crippen LogP contribution is -2.37. The van der Waals surface area contributed by atoms with E-state index in [9.17, 15) is 9.59 Å². The fraction of sp³-hybridized carbons (Fsp3) is 0.571. The monoisotopic (exact) mass is 282 g/mol. The molecule has 20 heavy (non-hydrogen) atoms. The molecule has 0 radical (unpaired) electrons. The van der Waals surface area contributed by atoms with Gasteiger partial charge in [0.2, 0.25) is 0 Å². The van der Waals surface area contributed by atoms with Crippen molar-refractivity contribution in [2.45, 2.75) is 19.9 Å². The van der Waals surface area contributed by atoms with E-state index >= 15 is 0 Å². The van der Waals surface area contributed by atoms with E-state index in [4.69, 9.17) is 4.74 Å². The van der Waals surface area contributed by atoms with Crippen LogP contribution in [0.2, 0.25) is 0 Å². The topological polar surface area (TPSA) is 60.8 Å². The molecule has 0 aliphatic carbocycles. The van der Waals surface area contributed by atoms with Crippen LogP contribution in [0.3, 0.4) is 0 Å². The molecule has 0 fully saturated rings. The van der Waals surface area contributed by atoms with E-state index in [1.807, 2.05) is 23.8 Å². The number of hydrogen-bond acceptors (Lipinski definition) is 4. The summed E-state index contributed by atoms with van der Waals surface area (Å²) in [5, 5.41) is 0. The van der Waals surface area contributed by atoms with Crippen LogP contribution in [0.25, 0.3) is 0 Å². The number of esters is 1. The van der Waals surface area contributed by atoms with Gasteiger partial charge in [-0.25, -0.2) is 0 Å². The number of aromatic nitrogens is 1. The SMILES string of the molecule is CCCN(CC(=O)OC)C(=O)c1cccn1CCOC. The fourth-order valence-electron chi connectivity index (χ4n) is 1.90. The van der Waals surface area contributed by atoms with Crippen molar-refractivity contribution in [1.29, 1.82) is 0 Å². The largest absolute Gasteiger partial charge is 0.468 e. The van der Waals surface area contributed by atoms with Crippen LogP contribution in [0, 0.1) is 0 Å². The lowest BCUT2D eigenvalue weighted by atomic mass is 10.3. The maximum absolute atomic E-state index is 12.5. The molecule has 0 spiro atoms. The highest BCUT2D eigenvalue weighted by Crippen LogP contribution is 2.08. The first-order valence-corrected chi connectivity index (χ1v) is 6.64. The predicted octanol–water partition coefficient (Wildman–Crippen LogP) is 1.16. The number of ether oxygens (including phenoxy) is 2. The number of nitrogens with zero attached hydrogens (tertiary/aromatic N) is 2. The quantitative estimate of drug-likeness (QED) is 0.671. The van der Waals surface area contributed by atoms with Crippen LogP contribution in [0.15, 0.2) is 18.3 Å². The molecule has 112 valence electrons. The average Bonchev–Trinajstić information content (AvgIpc) is 2.91. The molecular weight excluding hydrogens is 260 g/mol. The van der Waals surface area contributed by atoms with Gasteiger partial charge in [0, 0.05) is 26.4 Å². The highest BCUT2D eigenvalue weighted by Gasteiger charge is 2.20. The Bertz CT molecular complexity index is 442. The number of methoxy groups -OCH3 is 2. The van der Waals surface area contributed by atoms with E-state index in [0.29, 0.717) is 25.4 Å². The van der Waals surface area contributed by atoms with E-state index in [1.54, 1.807) is 13.2 Å². The number of amides is 1. The molecule has 1 amide bonds. The number of hydrogen-bond donors (Lipinski definition) is 0. The van der Waals surface area contributed by atoms with Crippen LogP contribution in [0.4, 0.5) is 0 Å². The number of carbonyl (C=O) groups excluding carboxylic acids is 2. The molecule has 0 aliphatic heterocycles. The summed E-state index contributed by atoms with van der Waals surface area (Å²) >= 11 is 0. The molecule has 0 aliphatic rings. The van der Waals surface area contributed by atoms with Gasteiger partial charge in [-0.15, -0.1) is 0 Å². The minimum absolute atomic E-state index is 0.0291. The third-order valence-corrected chi connectivity index (χ3v) is 2.91. The summed E-state index contributed by atoms with van der Waals surface area (Å²) in [6, 6.07) is 3.56. The molecule has 0 unspecified atom stereocenters. The molecule has 0 saturated carbocycles. The Balaban J connectivity index is 2.83. The third-order valence-electron chi connectivity index (χ3n) is 2.91. The van der Waals surface area contributed by atoms with Gasteiger partial charge in [0.25, 0.3) is 5.91 Å². The van der Waals surface area contributed by atoms with Gasteiger partial charge in [-0.05, 0) is 18.6 Å². The summed E-state index contributed by atoms with van der Waals surface area (Å²) in [5.74, 6) is -0.583. The molecule has 1 aromatic rings. The van der Waals surface area contributed by atoms with Gasteiger partial charge >= 0.3 is 5.97 Å². The summed E-state index contributed by atoms with van der Waals surface area (Å²) in [6.07, 6.45) is 2.61. The van der Waals surface area contributed by atoms with Crippen molar-refractivity contribution in [3.63, 3.8) is 0 Å². The smallest absolute Gasteiger partial charge is 0.325 e. The zero-order chi connectivity index (χ0) is 15.0. The first-order valence-electron chi connectivity index (χ1n) is 6.64. The maximum Gasteiger partial charge on any atom is 0.325 e. The van der Waals surface area contributed by atoms with Crippen molar-refractivity contribution in [1.82, 2.24) is 9.47 Å². The Labute approximate surface area is 119 Å². The summed E-state index contributed by atoms with van der Waals surface area (Å²) in [5.41, 5.74) is 0.555. The van der Waals surface area contributed by atoms with E-state index in [1.165, 1.54) is 12.0 Å². The highest BCUT2D eigenvalue weighted by atomic mass is 16.5. The summed E-state index contributed by atoms with van der Waals surface area (Å²) in [6.45, 7) is 3.58. The molecule has 6 nitrogen and oxygen atoms in total. The second-order valence-corrected chi connectivity index (χ2v) is 4.38. The summed E-state index contributed by atoms with van der Waals surface area (Å²) in [7, 11) is 2.93. The highest BCUT2D eigenvalue weighted by molar-refractivity contribution is 5.94. The lowest BCUT2D eigenvalue weighted by Gasteiger charge is -2.21. The van der Waals surface area contributed by atoms with Crippen LogP contribution < -0.4 is 0 Å². The van der Waals surface area contributed by atoms with Crippen molar-refractivity contribution in [3.05, 3.63) is 24.0 Å². The van der Waals surface area contributed by atoms with Crippen molar-refractivity contribution in [2.75, 3.05) is 33.9 Å². The predicted molar refractivity (Wildman–Crippen MR) is 74.5 cm³/mol. The van der Waals surface area contributed by atoms with Gasteiger partial charge in [-0.1, -0.05) is 6.92 Å². The van der Waals surface area contributed by atoms with E-state index in [0.717, 1.165) is 6.42 Å². The molecule has 6 heteroatoms. The molecule has 0 saturated heterocycles. The Hall–Kier alpha value is -1.82. The van der Waals surface area contributed by atoms with Crippen LogP contribution in [0.1, 0.15) is 23.8 Å². The summed E-state index contributed by atoms with van der Waals surface area (Å²) in [4.78, 5) is 25.4. The van der Waals surface area contributed by atoms with Crippen LogP contribution in [0.5, 0.6) is 0 Å². The molecule has 1 heterocycles. The van der Waals surface area contributed by atoms with Crippen molar-refractivity contribution < 1.29 is 19.1 Å². The molecule has 0 atom stereocenters. The van der Waals surface area contributed by atoms with E-state index < -0.39 is 5.97 Å². The molecule has 1 aromatic heterocycles. The normalized spacial score (nSPS) is 10.3. The van der Waals surface area contributed by atoms with E-state index in [-0.39, 0.29) is 12.5 Å². The zero-order valence-electron chi connectivity index (χ0n) is 12.3. The average molecular weight is 282 g/mol. The molecule has 0 N–H and O–H groups in total. The van der Waals surface area contributed by atoms with Gasteiger partial charge in [-0.2, -0.15) is 0 Å².